The van der Waals surface area contributed by atoms with Crippen LogP contribution in [0.3, 0.4) is 0 Å². The van der Waals surface area contributed by atoms with Crippen molar-refractivity contribution in [1.82, 2.24) is 19.7 Å². The van der Waals surface area contributed by atoms with Gasteiger partial charge in [0.2, 0.25) is 5.65 Å². The number of rotatable bonds is 5. The first-order valence-corrected chi connectivity index (χ1v) is 8.32. The number of alkyl halides is 3. The SMILES string of the molecule is COc1nc2c(N)nc(OCC3CCCCC3)nc2n1OC(=O)C(F)(F)F. The van der Waals surface area contributed by atoms with Crippen LogP contribution in [-0.2, 0) is 4.79 Å². The summed E-state index contributed by atoms with van der Waals surface area (Å²) in [5.41, 5.74) is 5.45. The first kappa shape index (κ1) is 19.0. The lowest BCUT2D eigenvalue weighted by Crippen LogP contribution is -2.33. The second-order valence-electron chi connectivity index (χ2n) is 6.15. The molecular formula is C15H18F3N5O4. The fraction of sp³-hybridized carbons (Fsp3) is 0.600. The molecule has 9 nitrogen and oxygen atoms in total. The molecular weight excluding hydrogens is 371 g/mol. The van der Waals surface area contributed by atoms with E-state index in [1.807, 2.05) is 0 Å². The molecule has 2 aromatic heterocycles. The smallest absolute Gasteiger partial charge is 0.466 e. The molecule has 0 aromatic carbocycles. The molecule has 1 fully saturated rings. The van der Waals surface area contributed by atoms with E-state index in [2.05, 4.69) is 19.8 Å². The number of imidazole rings is 1. The van der Waals surface area contributed by atoms with E-state index in [0.717, 1.165) is 32.8 Å². The van der Waals surface area contributed by atoms with Crippen molar-refractivity contribution in [2.75, 3.05) is 19.5 Å². The molecule has 1 saturated carbocycles. The molecule has 27 heavy (non-hydrogen) atoms. The van der Waals surface area contributed by atoms with Gasteiger partial charge >= 0.3 is 24.2 Å². The predicted molar refractivity (Wildman–Crippen MR) is 86.0 cm³/mol. The van der Waals surface area contributed by atoms with Gasteiger partial charge in [-0.25, -0.2) is 4.79 Å². The summed E-state index contributed by atoms with van der Waals surface area (Å²) in [6.45, 7) is 0.360. The maximum Gasteiger partial charge on any atom is 0.493 e. The molecule has 0 aliphatic heterocycles. The van der Waals surface area contributed by atoms with Crippen molar-refractivity contribution >= 4 is 23.0 Å². The lowest BCUT2D eigenvalue weighted by molar-refractivity contribution is -0.199. The highest BCUT2D eigenvalue weighted by atomic mass is 19.4. The zero-order chi connectivity index (χ0) is 19.6. The molecule has 0 amide bonds. The maximum absolute atomic E-state index is 12.5. The van der Waals surface area contributed by atoms with E-state index in [9.17, 15) is 18.0 Å². The maximum atomic E-state index is 12.5. The van der Waals surface area contributed by atoms with Crippen LogP contribution in [-0.4, -0.2) is 45.5 Å². The van der Waals surface area contributed by atoms with Gasteiger partial charge in [-0.05, 0) is 18.8 Å². The summed E-state index contributed by atoms with van der Waals surface area (Å²) in [7, 11) is 1.14. The van der Waals surface area contributed by atoms with Crippen molar-refractivity contribution in [2.24, 2.45) is 5.92 Å². The molecule has 0 unspecified atom stereocenters. The zero-order valence-corrected chi connectivity index (χ0v) is 14.5. The molecule has 3 rings (SSSR count). The number of methoxy groups -OCH3 is 1. The van der Waals surface area contributed by atoms with Gasteiger partial charge in [0.05, 0.1) is 13.7 Å². The summed E-state index contributed by atoms with van der Waals surface area (Å²) in [4.78, 5) is 27.3. The van der Waals surface area contributed by atoms with Crippen LogP contribution in [0.2, 0.25) is 0 Å². The van der Waals surface area contributed by atoms with Crippen LogP contribution in [0.25, 0.3) is 11.2 Å². The Bertz CT molecular complexity index is 833. The highest BCUT2D eigenvalue weighted by Gasteiger charge is 2.43. The quantitative estimate of drug-likeness (QED) is 0.825. The molecule has 0 radical (unpaired) electrons. The van der Waals surface area contributed by atoms with Gasteiger partial charge in [-0.3, -0.25) is 0 Å². The van der Waals surface area contributed by atoms with Crippen molar-refractivity contribution in [3.05, 3.63) is 0 Å². The first-order valence-electron chi connectivity index (χ1n) is 8.32. The molecule has 0 bridgehead atoms. The summed E-state index contributed by atoms with van der Waals surface area (Å²) in [6.07, 6.45) is 0.260. The van der Waals surface area contributed by atoms with E-state index in [-0.39, 0.29) is 23.0 Å². The normalized spacial score (nSPS) is 15.7. The third-order valence-corrected chi connectivity index (χ3v) is 4.21. The number of carbonyl (C=O) groups excluding carboxylic acids is 1. The van der Waals surface area contributed by atoms with Gasteiger partial charge in [-0.1, -0.05) is 24.0 Å². The number of nitrogens with two attached hydrogens (primary N) is 1. The molecule has 2 aromatic rings. The second-order valence-corrected chi connectivity index (χ2v) is 6.15. The number of carbonyl (C=O) groups is 1. The number of halogens is 3. The predicted octanol–water partition coefficient (Wildman–Crippen LogP) is 1.89. The van der Waals surface area contributed by atoms with E-state index in [4.69, 9.17) is 15.2 Å². The van der Waals surface area contributed by atoms with E-state index < -0.39 is 18.2 Å². The van der Waals surface area contributed by atoms with Gasteiger partial charge in [-0.15, -0.1) is 0 Å². The Balaban J connectivity index is 1.89. The number of aromatic nitrogens is 4. The van der Waals surface area contributed by atoms with Crippen molar-refractivity contribution in [2.45, 2.75) is 38.3 Å². The summed E-state index contributed by atoms with van der Waals surface area (Å²) < 4.78 is 48.4. The molecule has 0 atom stereocenters. The highest BCUT2D eigenvalue weighted by molar-refractivity contribution is 5.84. The number of hydrogen-bond acceptors (Lipinski definition) is 8. The molecule has 1 aliphatic rings. The summed E-state index contributed by atoms with van der Waals surface area (Å²) in [5, 5.41) is 0. The Morgan fingerprint density at radius 2 is 1.93 bits per heavy atom. The van der Waals surface area contributed by atoms with Gasteiger partial charge in [-0.2, -0.15) is 28.1 Å². The van der Waals surface area contributed by atoms with Crippen LogP contribution < -0.4 is 20.0 Å². The Kier molecular flexibility index (Phi) is 5.24. The van der Waals surface area contributed by atoms with Crippen LogP contribution in [0.15, 0.2) is 0 Å². The average Bonchev–Trinajstić information content (AvgIpc) is 2.98. The minimum Gasteiger partial charge on any atom is -0.466 e. The third kappa shape index (κ3) is 4.14. The third-order valence-electron chi connectivity index (χ3n) is 4.21. The van der Waals surface area contributed by atoms with Gasteiger partial charge in [0.15, 0.2) is 11.3 Å². The molecule has 2 N–H and O–H groups in total. The van der Waals surface area contributed by atoms with Gasteiger partial charge in [0.1, 0.15) is 0 Å². The topological polar surface area (TPSA) is 114 Å². The zero-order valence-electron chi connectivity index (χ0n) is 14.5. The van der Waals surface area contributed by atoms with E-state index in [1.165, 1.54) is 6.42 Å². The van der Waals surface area contributed by atoms with Crippen LogP contribution in [0.5, 0.6) is 12.0 Å². The second kappa shape index (κ2) is 7.45. The van der Waals surface area contributed by atoms with Crippen molar-refractivity contribution in [1.29, 1.82) is 0 Å². The van der Waals surface area contributed by atoms with Crippen molar-refractivity contribution in [3.63, 3.8) is 0 Å². The van der Waals surface area contributed by atoms with Crippen LogP contribution in [0, 0.1) is 5.92 Å². The number of fused-ring (bicyclic) bond motifs is 1. The number of nitrogen functional groups attached to an aromatic ring is 1. The Morgan fingerprint density at radius 1 is 1.22 bits per heavy atom. The Hall–Kier alpha value is -2.79. The fourth-order valence-corrected chi connectivity index (χ4v) is 2.88. The summed E-state index contributed by atoms with van der Waals surface area (Å²) in [6, 6.07) is -0.578. The van der Waals surface area contributed by atoms with Crippen molar-refractivity contribution < 1.29 is 32.3 Å². The van der Waals surface area contributed by atoms with Crippen LogP contribution in [0.1, 0.15) is 32.1 Å². The molecule has 0 saturated heterocycles. The summed E-state index contributed by atoms with van der Waals surface area (Å²) in [5.74, 6) is -2.25. The van der Waals surface area contributed by atoms with E-state index in [0.29, 0.717) is 17.3 Å². The molecule has 12 heteroatoms. The molecule has 148 valence electrons. The summed E-state index contributed by atoms with van der Waals surface area (Å²) >= 11 is 0. The number of ether oxygens (including phenoxy) is 2. The van der Waals surface area contributed by atoms with Crippen LogP contribution in [0.4, 0.5) is 19.0 Å². The Morgan fingerprint density at radius 3 is 2.56 bits per heavy atom. The monoisotopic (exact) mass is 389 g/mol. The Labute approximate surface area is 151 Å². The first-order chi connectivity index (χ1) is 12.8. The van der Waals surface area contributed by atoms with Gasteiger partial charge < -0.3 is 20.0 Å². The van der Waals surface area contributed by atoms with Crippen LogP contribution >= 0.6 is 0 Å². The fourth-order valence-electron chi connectivity index (χ4n) is 2.88. The standard InChI is InChI=1S/C15H18F3N5O4/c1-25-14-20-9-10(19)21-13(26-7-8-5-3-2-4-6-8)22-11(9)23(14)27-12(24)15(16,17)18/h8H,2-7H2,1H3,(H2,19,21,22). The van der Waals surface area contributed by atoms with Gasteiger partial charge in [0.25, 0.3) is 0 Å². The molecule has 0 spiro atoms. The molecule has 2 heterocycles. The van der Waals surface area contributed by atoms with Crippen molar-refractivity contribution in [3.8, 4) is 12.0 Å². The highest BCUT2D eigenvalue weighted by Crippen LogP contribution is 2.27. The lowest BCUT2D eigenvalue weighted by Gasteiger charge is -2.20. The van der Waals surface area contributed by atoms with E-state index in [1.54, 1.807) is 0 Å². The number of nitrogens with zero attached hydrogens (tertiary/aromatic N) is 4. The lowest BCUT2D eigenvalue weighted by atomic mass is 9.90. The minimum absolute atomic E-state index is 0.0770. The van der Waals surface area contributed by atoms with Gasteiger partial charge in [0, 0.05) is 0 Å². The largest absolute Gasteiger partial charge is 0.493 e. The average molecular weight is 389 g/mol. The van der Waals surface area contributed by atoms with E-state index >= 15 is 0 Å². The minimum atomic E-state index is -5.21. The molecule has 1 aliphatic carbocycles. The number of anilines is 1. The number of hydrogen-bond donors (Lipinski definition) is 1.